The van der Waals surface area contributed by atoms with E-state index in [4.69, 9.17) is 5.73 Å². The largest absolute Gasteiger partial charge is 1.00 e. The molecule has 1 aromatic rings. The molecule has 3 nitrogen and oxygen atoms in total. The summed E-state index contributed by atoms with van der Waals surface area (Å²) in [4.78, 5) is 0. The molecule has 68 valence electrons. The fourth-order valence-corrected chi connectivity index (χ4v) is 0.900. The van der Waals surface area contributed by atoms with Gasteiger partial charge in [-0.1, -0.05) is 13.5 Å². The van der Waals surface area contributed by atoms with Crippen LogP contribution in [0.15, 0.2) is 25.3 Å². The molecule has 0 aromatic carbocycles. The Morgan fingerprint density at radius 3 is 2.83 bits per heavy atom. The molecular weight excluding hydrogens is 218 g/mol. The fraction of sp³-hybridized carbons (Fsp3) is 0.375. The van der Waals surface area contributed by atoms with E-state index in [1.165, 1.54) is 0 Å². The van der Waals surface area contributed by atoms with Crippen LogP contribution in [-0.4, -0.2) is 4.57 Å². The van der Waals surface area contributed by atoms with Crippen LogP contribution in [0.1, 0.15) is 19.5 Å². The number of hydrogen-bond donors (Lipinski definition) is 1. The summed E-state index contributed by atoms with van der Waals surface area (Å²) in [6.07, 6.45) is 8.53. The lowest BCUT2D eigenvalue weighted by molar-refractivity contribution is -0.721. The van der Waals surface area contributed by atoms with Gasteiger partial charge in [0, 0.05) is 0 Å². The molecular formula is C8H14BrN3. The van der Waals surface area contributed by atoms with Crippen molar-refractivity contribution in [2.24, 2.45) is 5.73 Å². The van der Waals surface area contributed by atoms with Crippen molar-refractivity contribution in [2.45, 2.75) is 19.5 Å². The summed E-state index contributed by atoms with van der Waals surface area (Å²) in [5, 5.41) is 0. The average molecular weight is 232 g/mol. The van der Waals surface area contributed by atoms with Gasteiger partial charge in [-0.25, -0.2) is 9.13 Å². The first kappa shape index (κ1) is 11.4. The zero-order valence-electron chi connectivity index (χ0n) is 7.15. The van der Waals surface area contributed by atoms with Crippen molar-refractivity contribution < 1.29 is 21.5 Å². The van der Waals surface area contributed by atoms with Crippen molar-refractivity contribution in [3.05, 3.63) is 25.3 Å². The lowest BCUT2D eigenvalue weighted by Gasteiger charge is -2.01. The van der Waals surface area contributed by atoms with E-state index < -0.39 is 0 Å². The van der Waals surface area contributed by atoms with Crippen LogP contribution in [0.4, 0.5) is 0 Å². The van der Waals surface area contributed by atoms with Gasteiger partial charge >= 0.3 is 0 Å². The fourth-order valence-electron chi connectivity index (χ4n) is 0.900. The summed E-state index contributed by atoms with van der Waals surface area (Å²) in [5.74, 6) is 0. The molecule has 0 radical (unpaired) electrons. The number of aromatic nitrogens is 2. The van der Waals surface area contributed by atoms with Crippen LogP contribution in [0, 0.1) is 0 Å². The Kier molecular flexibility index (Phi) is 4.85. The number of imidazole rings is 1. The summed E-state index contributed by atoms with van der Waals surface area (Å²) in [7, 11) is 0. The maximum Gasteiger partial charge on any atom is 0.249 e. The van der Waals surface area contributed by atoms with Crippen molar-refractivity contribution in [3.63, 3.8) is 0 Å². The molecule has 1 heterocycles. The standard InChI is InChI=1S/C8H14N3.BrH/c1-3-8(9)11-6-5-10(4-2)7-11;/h4-8H,2-3,9H2,1H3;1H/q+1;/p-1. The first-order chi connectivity index (χ1) is 5.27. The van der Waals surface area contributed by atoms with Crippen LogP contribution in [0.25, 0.3) is 6.20 Å². The van der Waals surface area contributed by atoms with E-state index in [-0.39, 0.29) is 23.1 Å². The quantitative estimate of drug-likeness (QED) is 0.587. The summed E-state index contributed by atoms with van der Waals surface area (Å²) < 4.78 is 3.83. The van der Waals surface area contributed by atoms with Gasteiger partial charge in [-0.3, -0.25) is 5.73 Å². The maximum absolute atomic E-state index is 5.78. The van der Waals surface area contributed by atoms with Crippen molar-refractivity contribution in [1.29, 1.82) is 0 Å². The van der Waals surface area contributed by atoms with Crippen LogP contribution >= 0.6 is 0 Å². The van der Waals surface area contributed by atoms with Gasteiger partial charge in [0.25, 0.3) is 0 Å². The van der Waals surface area contributed by atoms with Crippen molar-refractivity contribution >= 4 is 6.20 Å². The first-order valence-corrected chi connectivity index (χ1v) is 3.74. The Morgan fingerprint density at radius 1 is 1.75 bits per heavy atom. The van der Waals surface area contributed by atoms with Gasteiger partial charge in [-0.15, -0.1) is 0 Å². The summed E-state index contributed by atoms with van der Waals surface area (Å²) >= 11 is 0. The molecule has 4 heteroatoms. The van der Waals surface area contributed by atoms with E-state index in [0.717, 1.165) is 6.42 Å². The Labute approximate surface area is 83.3 Å². The zero-order chi connectivity index (χ0) is 8.27. The van der Waals surface area contributed by atoms with E-state index in [2.05, 4.69) is 13.5 Å². The molecule has 0 bridgehead atoms. The molecule has 0 amide bonds. The highest BCUT2D eigenvalue weighted by Crippen LogP contribution is 1.92. The zero-order valence-corrected chi connectivity index (χ0v) is 8.74. The van der Waals surface area contributed by atoms with Gasteiger partial charge in [-0.2, -0.15) is 0 Å². The predicted molar refractivity (Wildman–Crippen MR) is 44.5 cm³/mol. The molecule has 0 spiro atoms. The van der Waals surface area contributed by atoms with Crippen LogP contribution in [0.3, 0.4) is 0 Å². The molecule has 0 fully saturated rings. The van der Waals surface area contributed by atoms with E-state index in [1.54, 1.807) is 6.20 Å². The summed E-state index contributed by atoms with van der Waals surface area (Å²) in [6.45, 7) is 5.70. The first-order valence-electron chi connectivity index (χ1n) is 3.74. The topological polar surface area (TPSA) is 34.8 Å². The summed E-state index contributed by atoms with van der Waals surface area (Å²) in [6, 6.07) is 0. The second-order valence-corrected chi connectivity index (χ2v) is 2.47. The molecule has 1 unspecified atom stereocenters. The highest BCUT2D eigenvalue weighted by Gasteiger charge is 2.07. The molecule has 0 aliphatic rings. The minimum absolute atomic E-state index is 0. The van der Waals surface area contributed by atoms with Gasteiger partial charge < -0.3 is 17.0 Å². The Morgan fingerprint density at radius 2 is 2.42 bits per heavy atom. The summed E-state index contributed by atoms with van der Waals surface area (Å²) in [5.41, 5.74) is 5.78. The smallest absolute Gasteiger partial charge is 0.249 e. The van der Waals surface area contributed by atoms with Gasteiger partial charge in [0.15, 0.2) is 0 Å². The SMILES string of the molecule is C=Cn1cc[n+](C(N)CC)c1.[Br-]. The highest BCUT2D eigenvalue weighted by molar-refractivity contribution is 5.13. The number of nitrogens with two attached hydrogens (primary N) is 1. The van der Waals surface area contributed by atoms with Gasteiger partial charge in [0.2, 0.25) is 6.33 Å². The molecule has 2 N–H and O–H groups in total. The van der Waals surface area contributed by atoms with Crippen molar-refractivity contribution in [3.8, 4) is 0 Å². The third-order valence-corrected chi connectivity index (χ3v) is 1.69. The van der Waals surface area contributed by atoms with Crippen LogP contribution in [-0.2, 0) is 0 Å². The van der Waals surface area contributed by atoms with E-state index in [0.29, 0.717) is 0 Å². The number of halogens is 1. The molecule has 1 rings (SSSR count). The highest BCUT2D eigenvalue weighted by atomic mass is 79.9. The van der Waals surface area contributed by atoms with Gasteiger partial charge in [0.05, 0.1) is 6.20 Å². The predicted octanol–water partition coefficient (Wildman–Crippen LogP) is -2.25. The number of hydrogen-bond acceptors (Lipinski definition) is 1. The third kappa shape index (κ3) is 2.46. The maximum atomic E-state index is 5.78. The Balaban J connectivity index is 0.00000121. The number of rotatable bonds is 3. The minimum atomic E-state index is 0. The van der Waals surface area contributed by atoms with Crippen molar-refractivity contribution in [1.82, 2.24) is 4.57 Å². The Hall–Kier alpha value is -0.610. The van der Waals surface area contributed by atoms with Gasteiger partial charge in [0.1, 0.15) is 18.6 Å². The molecule has 0 aliphatic heterocycles. The second-order valence-electron chi connectivity index (χ2n) is 2.47. The van der Waals surface area contributed by atoms with Gasteiger partial charge in [-0.05, 0) is 6.42 Å². The average Bonchev–Trinajstić information content (AvgIpc) is 2.50. The minimum Gasteiger partial charge on any atom is -1.00 e. The lowest BCUT2D eigenvalue weighted by atomic mass is 10.4. The monoisotopic (exact) mass is 231 g/mol. The molecule has 0 saturated carbocycles. The van der Waals surface area contributed by atoms with E-state index in [9.17, 15) is 0 Å². The molecule has 1 aromatic heterocycles. The van der Waals surface area contributed by atoms with Crippen molar-refractivity contribution in [2.75, 3.05) is 0 Å². The number of nitrogens with zero attached hydrogens (tertiary/aromatic N) is 2. The molecule has 12 heavy (non-hydrogen) atoms. The van der Waals surface area contributed by atoms with Crippen LogP contribution in [0.5, 0.6) is 0 Å². The molecule has 0 saturated heterocycles. The molecule has 1 atom stereocenters. The lowest BCUT2D eigenvalue weighted by Crippen LogP contribution is -3.00. The normalized spacial score (nSPS) is 11.8. The Bertz CT molecular complexity index is 244. The third-order valence-electron chi connectivity index (χ3n) is 1.69. The van der Waals surface area contributed by atoms with E-state index >= 15 is 0 Å². The van der Waals surface area contributed by atoms with Crippen LogP contribution in [0.2, 0.25) is 0 Å². The molecule has 0 aliphatic carbocycles. The second kappa shape index (κ2) is 5.11. The van der Waals surface area contributed by atoms with E-state index in [1.807, 2.05) is 27.9 Å². The van der Waals surface area contributed by atoms with Crippen LogP contribution < -0.4 is 27.3 Å².